The molecule has 0 aromatic heterocycles. The third-order valence-electron chi connectivity index (χ3n) is 5.22. The highest BCUT2D eigenvalue weighted by Gasteiger charge is 2.47. The summed E-state index contributed by atoms with van der Waals surface area (Å²) in [5.41, 5.74) is 4.76. The predicted octanol–water partition coefficient (Wildman–Crippen LogP) is 5.26. The van der Waals surface area contributed by atoms with Crippen molar-refractivity contribution in [2.45, 2.75) is 38.7 Å². The van der Waals surface area contributed by atoms with Gasteiger partial charge in [-0.25, -0.2) is 0 Å². The van der Waals surface area contributed by atoms with Crippen molar-refractivity contribution in [2.75, 3.05) is 0 Å². The Labute approximate surface area is 168 Å². The van der Waals surface area contributed by atoms with E-state index in [2.05, 4.69) is 81.4 Å². The number of rotatable bonds is 3. The minimum Gasteiger partial charge on any atom is -0.350 e. The van der Waals surface area contributed by atoms with Crippen LogP contribution in [0.3, 0.4) is 0 Å². The zero-order chi connectivity index (χ0) is 19.6. The Morgan fingerprint density at radius 1 is 0.821 bits per heavy atom. The van der Waals surface area contributed by atoms with E-state index in [9.17, 15) is 0 Å². The smallest absolute Gasteiger partial charge is 0.350 e. The van der Waals surface area contributed by atoms with Crippen molar-refractivity contribution in [1.29, 1.82) is 0 Å². The van der Waals surface area contributed by atoms with E-state index in [-0.39, 0.29) is 11.5 Å². The molecular formula is C25H26BO2+. The second kappa shape index (κ2) is 7.77. The van der Waals surface area contributed by atoms with Crippen molar-refractivity contribution in [3.63, 3.8) is 0 Å². The first kappa shape index (κ1) is 18.7. The summed E-state index contributed by atoms with van der Waals surface area (Å²) >= 11 is 0. The molecule has 3 aromatic rings. The van der Waals surface area contributed by atoms with Crippen LogP contribution >= 0.6 is 0 Å². The Morgan fingerprint density at radius 3 is 2.04 bits per heavy atom. The van der Waals surface area contributed by atoms with Gasteiger partial charge in [0.05, 0.1) is 23.6 Å². The average molecular weight is 369 g/mol. The summed E-state index contributed by atoms with van der Waals surface area (Å²) in [7, 11) is -0.414. The molecule has 4 rings (SSSR count). The molecule has 1 aliphatic rings. The number of ketones is 1. The third-order valence-corrected chi connectivity index (χ3v) is 5.22. The Balaban J connectivity index is 1.70. The number of benzene rings is 3. The molecule has 140 valence electrons. The van der Waals surface area contributed by atoms with Crippen LogP contribution in [0.25, 0.3) is 0 Å². The number of carbonyl (C=O) groups excluding carboxylic acids is 1. The molecule has 0 amide bonds. The molecule has 28 heavy (non-hydrogen) atoms. The lowest BCUT2D eigenvalue weighted by Crippen LogP contribution is -2.39. The van der Waals surface area contributed by atoms with E-state index < -0.39 is 7.12 Å². The van der Waals surface area contributed by atoms with Crippen LogP contribution in [0, 0.1) is 0 Å². The topological polar surface area (TPSA) is 20.5 Å². The summed E-state index contributed by atoms with van der Waals surface area (Å²) in [4.78, 5) is 0. The van der Waals surface area contributed by atoms with Crippen molar-refractivity contribution < 1.29 is 9.00 Å². The minimum absolute atomic E-state index is 0.0301. The summed E-state index contributed by atoms with van der Waals surface area (Å²) in [5.74, 6) is 0.977. The second-order valence-corrected chi connectivity index (χ2v) is 8.35. The fourth-order valence-corrected chi connectivity index (χ4v) is 3.53. The van der Waals surface area contributed by atoms with E-state index in [1.54, 1.807) is 0 Å². The molecule has 1 aliphatic heterocycles. The van der Waals surface area contributed by atoms with Crippen molar-refractivity contribution in [2.24, 2.45) is 0 Å². The first-order valence-corrected chi connectivity index (χ1v) is 9.89. The number of hydrogen-bond acceptors (Lipinski definition) is 1. The van der Waals surface area contributed by atoms with Gasteiger partial charge in [0, 0.05) is 0 Å². The zero-order valence-electron chi connectivity index (χ0n) is 16.8. The van der Waals surface area contributed by atoms with Crippen LogP contribution in [0.5, 0.6) is 0 Å². The monoisotopic (exact) mass is 369 g/mol. The van der Waals surface area contributed by atoms with Crippen LogP contribution in [0.1, 0.15) is 54.3 Å². The van der Waals surface area contributed by atoms with Gasteiger partial charge in [-0.1, -0.05) is 93.6 Å². The van der Waals surface area contributed by atoms with Gasteiger partial charge in [0.25, 0.3) is 5.78 Å². The van der Waals surface area contributed by atoms with E-state index in [1.165, 1.54) is 11.1 Å². The molecule has 1 atom stereocenters. The van der Waals surface area contributed by atoms with Gasteiger partial charge in [0.15, 0.2) is 0 Å². The SMILES string of the molecule is CC(C)(C)c1ccc(B2OC(c3ccccc3)CC(c3ccccc3)=[O+]2)cc1. The van der Waals surface area contributed by atoms with E-state index in [0.717, 1.165) is 23.2 Å². The van der Waals surface area contributed by atoms with Gasteiger partial charge in [-0.05, 0) is 28.7 Å². The maximum atomic E-state index is 6.39. The fourth-order valence-electron chi connectivity index (χ4n) is 3.53. The van der Waals surface area contributed by atoms with Crippen LogP contribution in [0.4, 0.5) is 0 Å². The van der Waals surface area contributed by atoms with Gasteiger partial charge in [0.1, 0.15) is 0 Å². The molecule has 0 N–H and O–H groups in total. The Kier molecular flexibility index (Phi) is 5.19. The zero-order valence-corrected chi connectivity index (χ0v) is 16.8. The van der Waals surface area contributed by atoms with E-state index in [0.29, 0.717) is 0 Å². The highest BCUT2D eigenvalue weighted by Crippen LogP contribution is 2.28. The maximum absolute atomic E-state index is 6.39. The molecule has 1 unspecified atom stereocenters. The largest absolute Gasteiger partial charge is 0.874 e. The molecule has 0 bridgehead atoms. The lowest BCUT2D eigenvalue weighted by molar-refractivity contribution is -0.146. The minimum atomic E-state index is -0.414. The highest BCUT2D eigenvalue weighted by atomic mass is 16.6. The quantitative estimate of drug-likeness (QED) is 0.456. The molecule has 0 fully saturated rings. The highest BCUT2D eigenvalue weighted by molar-refractivity contribution is 6.60. The summed E-state index contributed by atoms with van der Waals surface area (Å²) < 4.78 is 12.7. The summed E-state index contributed by atoms with van der Waals surface area (Å²) in [6, 6.07) is 29.3. The molecule has 3 heteroatoms. The molecule has 3 aromatic carbocycles. The van der Waals surface area contributed by atoms with E-state index in [4.69, 9.17) is 9.00 Å². The Hall–Kier alpha value is -2.65. The van der Waals surface area contributed by atoms with Gasteiger partial charge in [0.2, 0.25) is 0 Å². The van der Waals surface area contributed by atoms with Crippen LogP contribution in [-0.4, -0.2) is 12.9 Å². The first-order valence-electron chi connectivity index (χ1n) is 9.89. The molecular weight excluding hydrogens is 343 g/mol. The van der Waals surface area contributed by atoms with Crippen LogP contribution < -0.4 is 5.46 Å². The van der Waals surface area contributed by atoms with Gasteiger partial charge in [-0.15, -0.1) is 0 Å². The van der Waals surface area contributed by atoms with Gasteiger partial charge in [-0.2, -0.15) is 0 Å². The molecule has 1 heterocycles. The average Bonchev–Trinajstić information content (AvgIpc) is 2.74. The van der Waals surface area contributed by atoms with Gasteiger partial charge >= 0.3 is 7.12 Å². The normalized spacial score (nSPS) is 17.3. The maximum Gasteiger partial charge on any atom is 0.874 e. The van der Waals surface area contributed by atoms with Crippen molar-refractivity contribution in [1.82, 2.24) is 0 Å². The van der Waals surface area contributed by atoms with E-state index >= 15 is 0 Å². The second-order valence-electron chi connectivity index (χ2n) is 8.35. The van der Waals surface area contributed by atoms with Gasteiger partial charge < -0.3 is 9.00 Å². The first-order chi connectivity index (χ1) is 13.5. The Morgan fingerprint density at radius 2 is 1.43 bits per heavy atom. The van der Waals surface area contributed by atoms with Crippen LogP contribution in [0.15, 0.2) is 84.9 Å². The lowest BCUT2D eigenvalue weighted by Gasteiger charge is -2.21. The van der Waals surface area contributed by atoms with Crippen LogP contribution in [0.2, 0.25) is 0 Å². The van der Waals surface area contributed by atoms with Gasteiger partial charge in [-0.3, -0.25) is 0 Å². The molecule has 0 saturated heterocycles. The third kappa shape index (κ3) is 4.10. The Bertz CT molecular complexity index is 941. The molecule has 0 aliphatic carbocycles. The fraction of sp³-hybridized carbons (Fsp3) is 0.240. The molecule has 0 saturated carbocycles. The standard InChI is InChI=1S/C25H26BO2/c1-25(2,3)21-14-16-22(17-15-21)26-27-23(19-10-6-4-7-11-19)18-24(28-26)20-12-8-5-9-13-20/h4-17,23H,18H2,1-3H3/q+1. The molecule has 0 spiro atoms. The number of hydrogen-bond donors (Lipinski definition) is 0. The summed E-state index contributed by atoms with van der Waals surface area (Å²) in [6.45, 7) is 6.67. The van der Waals surface area contributed by atoms with Crippen molar-refractivity contribution in [3.8, 4) is 0 Å². The summed E-state index contributed by atoms with van der Waals surface area (Å²) in [6.07, 6.45) is 0.697. The van der Waals surface area contributed by atoms with Crippen molar-refractivity contribution in [3.05, 3.63) is 102 Å². The van der Waals surface area contributed by atoms with E-state index in [1.807, 2.05) is 24.3 Å². The predicted molar refractivity (Wildman–Crippen MR) is 116 cm³/mol. The van der Waals surface area contributed by atoms with Crippen molar-refractivity contribution >= 4 is 18.4 Å². The summed E-state index contributed by atoms with van der Waals surface area (Å²) in [5, 5.41) is 0. The lowest BCUT2D eigenvalue weighted by atomic mass is 9.75. The molecule has 0 radical (unpaired) electrons. The molecule has 2 nitrogen and oxygen atoms in total. The van der Waals surface area contributed by atoms with Crippen LogP contribution in [-0.2, 0) is 10.1 Å².